The van der Waals surface area contributed by atoms with Gasteiger partial charge in [0.1, 0.15) is 0 Å². The quantitative estimate of drug-likeness (QED) is 0.594. The molecule has 2 aliphatic carbocycles. The van der Waals surface area contributed by atoms with Gasteiger partial charge < -0.3 is 4.74 Å². The van der Waals surface area contributed by atoms with E-state index in [9.17, 15) is 0 Å². The van der Waals surface area contributed by atoms with Crippen LogP contribution in [0.4, 0.5) is 0 Å². The molecule has 0 spiro atoms. The van der Waals surface area contributed by atoms with Crippen molar-refractivity contribution in [1.82, 2.24) is 0 Å². The van der Waals surface area contributed by atoms with E-state index < -0.39 is 0 Å². The van der Waals surface area contributed by atoms with Gasteiger partial charge in [-0.2, -0.15) is 0 Å². The molecule has 2 aliphatic rings. The Morgan fingerprint density at radius 1 is 1.45 bits per heavy atom. The molecule has 2 saturated carbocycles. The summed E-state index contributed by atoms with van der Waals surface area (Å²) in [5.74, 6) is 1.89. The number of hydrogen-bond acceptors (Lipinski definition) is 1. The van der Waals surface area contributed by atoms with Gasteiger partial charge in [0.15, 0.2) is 0 Å². The van der Waals surface area contributed by atoms with Crippen LogP contribution in [-0.2, 0) is 4.74 Å². The molecule has 3 atom stereocenters. The Morgan fingerprint density at radius 3 is 2.55 bits per heavy atom. The molecule has 0 saturated heterocycles. The van der Waals surface area contributed by atoms with E-state index in [0.717, 1.165) is 11.8 Å². The Hall–Kier alpha value is -0.0400. The molecule has 0 N–H and O–H groups in total. The third-order valence-electron chi connectivity index (χ3n) is 3.92. The Kier molecular flexibility index (Phi) is 1.71. The van der Waals surface area contributed by atoms with E-state index in [4.69, 9.17) is 4.74 Å². The average Bonchev–Trinajstić information content (AvgIpc) is 2.62. The van der Waals surface area contributed by atoms with Crippen molar-refractivity contribution in [1.29, 1.82) is 0 Å². The van der Waals surface area contributed by atoms with E-state index in [1.54, 1.807) is 0 Å². The lowest BCUT2D eigenvalue weighted by Gasteiger charge is -2.35. The topological polar surface area (TPSA) is 9.23 Å². The zero-order chi connectivity index (χ0) is 7.90. The van der Waals surface area contributed by atoms with Crippen molar-refractivity contribution in [3.63, 3.8) is 0 Å². The lowest BCUT2D eigenvalue weighted by atomic mass is 9.82. The van der Waals surface area contributed by atoms with Crippen molar-refractivity contribution >= 4 is 0 Å². The predicted molar refractivity (Wildman–Crippen MR) is 45.5 cm³/mol. The highest BCUT2D eigenvalue weighted by molar-refractivity contribution is 5.01. The summed E-state index contributed by atoms with van der Waals surface area (Å²) in [5.41, 5.74) is 0.295. The van der Waals surface area contributed by atoms with Crippen molar-refractivity contribution in [2.24, 2.45) is 11.8 Å². The highest BCUT2D eigenvalue weighted by Gasteiger charge is 2.49. The highest BCUT2D eigenvalue weighted by Crippen LogP contribution is 2.53. The van der Waals surface area contributed by atoms with Crippen molar-refractivity contribution in [3.05, 3.63) is 0 Å². The maximum atomic E-state index is 5.68. The van der Waals surface area contributed by atoms with Gasteiger partial charge in [-0.3, -0.25) is 0 Å². The van der Waals surface area contributed by atoms with Crippen molar-refractivity contribution in [3.8, 4) is 0 Å². The van der Waals surface area contributed by atoms with Gasteiger partial charge in [0.2, 0.25) is 0 Å². The molecule has 0 aromatic heterocycles. The Labute approximate surface area is 69.1 Å². The first-order chi connectivity index (χ1) is 5.30. The molecule has 1 heteroatoms. The van der Waals surface area contributed by atoms with Crippen LogP contribution >= 0.6 is 0 Å². The molecular formula is C10H18O. The molecule has 0 aromatic carbocycles. The first-order valence-electron chi connectivity index (χ1n) is 4.86. The summed E-state index contributed by atoms with van der Waals surface area (Å²) < 4.78 is 5.68. The zero-order valence-corrected chi connectivity index (χ0v) is 7.60. The number of rotatable bonds is 2. The molecule has 0 aliphatic heterocycles. The molecule has 2 fully saturated rings. The molecule has 2 rings (SSSR count). The van der Waals surface area contributed by atoms with E-state index in [-0.39, 0.29) is 0 Å². The lowest BCUT2D eigenvalue weighted by Crippen LogP contribution is -2.36. The highest BCUT2D eigenvalue weighted by atomic mass is 16.5. The second-order valence-corrected chi connectivity index (χ2v) is 4.20. The number of fused-ring (bicyclic) bond motifs is 2. The fraction of sp³-hybridized carbons (Fsp3) is 1.00. The predicted octanol–water partition coefficient (Wildman–Crippen LogP) is 2.60. The van der Waals surface area contributed by atoms with Gasteiger partial charge in [0.05, 0.1) is 5.60 Å². The standard InChI is InChI=1S/C10H18O/c1-3-10(11-2)7-8-4-5-9(10)6-8/h8-9H,3-7H2,1-2H3. The second-order valence-electron chi connectivity index (χ2n) is 4.20. The molecule has 0 radical (unpaired) electrons. The van der Waals surface area contributed by atoms with E-state index in [1.807, 2.05) is 7.11 Å². The summed E-state index contributed by atoms with van der Waals surface area (Å²) >= 11 is 0. The summed E-state index contributed by atoms with van der Waals surface area (Å²) in [5, 5.41) is 0. The maximum Gasteiger partial charge on any atom is 0.0706 e. The molecule has 3 unspecified atom stereocenters. The molecule has 0 amide bonds. The van der Waals surface area contributed by atoms with Gasteiger partial charge in [-0.1, -0.05) is 6.92 Å². The van der Waals surface area contributed by atoms with Gasteiger partial charge in [-0.05, 0) is 43.9 Å². The van der Waals surface area contributed by atoms with Gasteiger partial charge >= 0.3 is 0 Å². The first kappa shape index (κ1) is 7.60. The van der Waals surface area contributed by atoms with Crippen LogP contribution in [0.3, 0.4) is 0 Å². The monoisotopic (exact) mass is 154 g/mol. The van der Waals surface area contributed by atoms with E-state index in [0.29, 0.717) is 5.60 Å². The third-order valence-corrected chi connectivity index (χ3v) is 3.92. The van der Waals surface area contributed by atoms with Crippen LogP contribution in [0.2, 0.25) is 0 Å². The minimum atomic E-state index is 0.295. The number of hydrogen-bond donors (Lipinski definition) is 0. The van der Waals surface area contributed by atoms with Crippen LogP contribution in [0.25, 0.3) is 0 Å². The average molecular weight is 154 g/mol. The fourth-order valence-corrected chi connectivity index (χ4v) is 3.22. The Morgan fingerprint density at radius 2 is 2.27 bits per heavy atom. The summed E-state index contributed by atoms with van der Waals surface area (Å²) in [4.78, 5) is 0. The Bertz CT molecular complexity index is 149. The van der Waals surface area contributed by atoms with Crippen LogP contribution < -0.4 is 0 Å². The van der Waals surface area contributed by atoms with Crippen LogP contribution in [0.1, 0.15) is 39.0 Å². The van der Waals surface area contributed by atoms with E-state index in [2.05, 4.69) is 6.92 Å². The minimum absolute atomic E-state index is 0.295. The smallest absolute Gasteiger partial charge is 0.0706 e. The maximum absolute atomic E-state index is 5.68. The first-order valence-corrected chi connectivity index (χ1v) is 4.86. The molecular weight excluding hydrogens is 136 g/mol. The van der Waals surface area contributed by atoms with Crippen molar-refractivity contribution in [2.45, 2.75) is 44.6 Å². The van der Waals surface area contributed by atoms with Crippen LogP contribution in [0, 0.1) is 11.8 Å². The van der Waals surface area contributed by atoms with Crippen LogP contribution in [-0.4, -0.2) is 12.7 Å². The molecule has 64 valence electrons. The normalized spacial score (nSPS) is 48.5. The van der Waals surface area contributed by atoms with Crippen molar-refractivity contribution in [2.75, 3.05) is 7.11 Å². The largest absolute Gasteiger partial charge is 0.378 e. The fourth-order valence-electron chi connectivity index (χ4n) is 3.22. The van der Waals surface area contributed by atoms with Crippen LogP contribution in [0.5, 0.6) is 0 Å². The SMILES string of the molecule is CCC1(OC)CC2CCC1C2. The van der Waals surface area contributed by atoms with Crippen LogP contribution in [0.15, 0.2) is 0 Å². The van der Waals surface area contributed by atoms with Gasteiger partial charge in [0, 0.05) is 7.11 Å². The Balaban J connectivity index is 2.14. The van der Waals surface area contributed by atoms with Gasteiger partial charge in [-0.25, -0.2) is 0 Å². The third kappa shape index (κ3) is 0.936. The number of ether oxygens (including phenoxy) is 1. The molecule has 0 heterocycles. The molecule has 1 nitrogen and oxygen atoms in total. The minimum Gasteiger partial charge on any atom is -0.378 e. The molecule has 0 aromatic rings. The van der Waals surface area contributed by atoms with Gasteiger partial charge in [-0.15, -0.1) is 0 Å². The lowest BCUT2D eigenvalue weighted by molar-refractivity contribution is -0.0564. The van der Waals surface area contributed by atoms with Gasteiger partial charge in [0.25, 0.3) is 0 Å². The van der Waals surface area contributed by atoms with E-state index in [1.165, 1.54) is 32.1 Å². The summed E-state index contributed by atoms with van der Waals surface area (Å²) in [6.07, 6.45) is 6.89. The van der Waals surface area contributed by atoms with E-state index >= 15 is 0 Å². The zero-order valence-electron chi connectivity index (χ0n) is 7.60. The molecule has 2 bridgehead atoms. The summed E-state index contributed by atoms with van der Waals surface area (Å²) in [7, 11) is 1.89. The second kappa shape index (κ2) is 2.48. The molecule has 11 heavy (non-hydrogen) atoms. The number of methoxy groups -OCH3 is 1. The summed E-state index contributed by atoms with van der Waals surface area (Å²) in [6.45, 7) is 2.27. The summed E-state index contributed by atoms with van der Waals surface area (Å²) in [6, 6.07) is 0. The van der Waals surface area contributed by atoms with Crippen molar-refractivity contribution < 1.29 is 4.74 Å².